The Hall–Kier alpha value is -4.78. The van der Waals surface area contributed by atoms with Crippen LogP contribution in [-0.2, 0) is 19.7 Å². The lowest BCUT2D eigenvalue weighted by molar-refractivity contribution is -0.122. The fraction of sp³-hybridized carbons (Fsp3) is 0.425. The van der Waals surface area contributed by atoms with Gasteiger partial charge in [0.2, 0.25) is 11.8 Å². The maximum absolute atomic E-state index is 13.5. The molecule has 1 saturated carbocycles. The van der Waals surface area contributed by atoms with Crippen molar-refractivity contribution in [3.63, 3.8) is 0 Å². The highest BCUT2D eigenvalue weighted by Crippen LogP contribution is 2.56. The summed E-state index contributed by atoms with van der Waals surface area (Å²) in [5.74, 6) is 1.79. The van der Waals surface area contributed by atoms with Crippen LogP contribution in [0.15, 0.2) is 66.9 Å². The summed E-state index contributed by atoms with van der Waals surface area (Å²) in [6.07, 6.45) is 6.32. The number of hydrogen-bond acceptors (Lipinski definition) is 9. The first-order valence-electron chi connectivity index (χ1n) is 18.8. The Kier molecular flexibility index (Phi) is 8.92. The van der Waals surface area contributed by atoms with E-state index in [1.165, 1.54) is 0 Å². The Labute approximate surface area is 313 Å². The number of hydrogen-bond donors (Lipinski definition) is 2. The number of pyridine rings is 2. The van der Waals surface area contributed by atoms with Crippen molar-refractivity contribution in [2.24, 2.45) is 5.92 Å². The van der Waals surface area contributed by atoms with E-state index in [0.717, 1.165) is 84.5 Å². The molecular weight excluding hydrogens is 692 g/mol. The predicted octanol–water partition coefficient (Wildman–Crippen LogP) is 5.19. The van der Waals surface area contributed by atoms with Crippen molar-refractivity contribution in [1.29, 1.82) is 0 Å². The molecule has 6 heterocycles. The van der Waals surface area contributed by atoms with Crippen LogP contribution in [0.3, 0.4) is 0 Å². The van der Waals surface area contributed by atoms with Crippen LogP contribution in [0.4, 0.5) is 27.8 Å². The third kappa shape index (κ3) is 6.36. The fourth-order valence-corrected chi connectivity index (χ4v) is 9.06. The Bertz CT molecular complexity index is 2090. The number of ether oxygens (including phenoxy) is 1. The number of rotatable bonds is 9. The van der Waals surface area contributed by atoms with Gasteiger partial charge in [-0.2, -0.15) is 0 Å². The van der Waals surface area contributed by atoms with E-state index in [-0.39, 0.29) is 29.4 Å². The number of carbonyl (C=O) groups excluding carboxylic acids is 3. The molecule has 1 atom stereocenters. The summed E-state index contributed by atoms with van der Waals surface area (Å²) >= 11 is 6.77. The van der Waals surface area contributed by atoms with Gasteiger partial charge in [0.05, 0.1) is 41.1 Å². The topological polar surface area (TPSA) is 123 Å². The molecule has 4 fully saturated rings. The number of carbonyl (C=O) groups is 3. The zero-order chi connectivity index (χ0) is 36.1. The summed E-state index contributed by atoms with van der Waals surface area (Å²) in [7, 11) is 0. The average Bonchev–Trinajstić information content (AvgIpc) is 3.95. The third-order valence-electron chi connectivity index (χ3n) is 11.7. The van der Waals surface area contributed by atoms with E-state index in [1.807, 2.05) is 35.2 Å². The number of aromatic nitrogens is 2. The third-order valence-corrected chi connectivity index (χ3v) is 12.0. The highest BCUT2D eigenvalue weighted by Gasteiger charge is 2.54. The Morgan fingerprint density at radius 2 is 1.75 bits per heavy atom. The van der Waals surface area contributed by atoms with Crippen LogP contribution in [0, 0.1) is 5.92 Å². The minimum absolute atomic E-state index is 0.0520. The quantitative estimate of drug-likeness (QED) is 0.239. The van der Waals surface area contributed by atoms with Crippen LogP contribution in [0.1, 0.15) is 43.4 Å². The van der Waals surface area contributed by atoms with Gasteiger partial charge in [-0.1, -0.05) is 35.9 Å². The van der Waals surface area contributed by atoms with E-state index in [0.29, 0.717) is 62.5 Å². The molecule has 5 aliphatic rings. The van der Waals surface area contributed by atoms with Gasteiger partial charge in [-0.05, 0) is 73.4 Å². The number of piperidine rings is 1. The van der Waals surface area contributed by atoms with Crippen LogP contribution < -0.4 is 25.3 Å². The second kappa shape index (κ2) is 13.9. The van der Waals surface area contributed by atoms with Crippen molar-refractivity contribution in [2.75, 3.05) is 79.0 Å². The molecule has 2 aromatic carbocycles. The zero-order valence-electron chi connectivity index (χ0n) is 29.6. The Morgan fingerprint density at radius 3 is 2.57 bits per heavy atom. The lowest BCUT2D eigenvalue weighted by atomic mass is 9.75. The van der Waals surface area contributed by atoms with Crippen molar-refractivity contribution >= 4 is 63.2 Å². The van der Waals surface area contributed by atoms with Gasteiger partial charge in [0.1, 0.15) is 11.6 Å². The first kappa shape index (κ1) is 34.0. The molecule has 0 bridgehead atoms. The first-order valence-corrected chi connectivity index (χ1v) is 19.1. The number of anilines is 4. The summed E-state index contributed by atoms with van der Waals surface area (Å²) in [4.78, 5) is 55.4. The molecule has 1 unspecified atom stereocenters. The number of benzene rings is 2. The number of nitrogens with zero attached hydrogens (tertiary/aromatic N) is 6. The van der Waals surface area contributed by atoms with Crippen molar-refractivity contribution in [1.82, 2.24) is 20.2 Å². The molecule has 4 amide bonds. The van der Waals surface area contributed by atoms with Crippen LogP contribution >= 0.6 is 11.6 Å². The number of nitrogens with one attached hydrogen (secondary N) is 2. The summed E-state index contributed by atoms with van der Waals surface area (Å²) in [6.45, 7) is 5.85. The molecule has 2 aromatic heterocycles. The summed E-state index contributed by atoms with van der Waals surface area (Å²) in [5.41, 5.74) is 3.60. The second-order valence-electron chi connectivity index (χ2n) is 14.8. The molecule has 12 nitrogen and oxygen atoms in total. The Balaban J connectivity index is 0.771. The molecule has 274 valence electrons. The van der Waals surface area contributed by atoms with E-state index in [9.17, 15) is 14.4 Å². The van der Waals surface area contributed by atoms with Gasteiger partial charge in [-0.25, -0.2) is 14.8 Å². The fourth-order valence-electron chi connectivity index (χ4n) is 8.75. The van der Waals surface area contributed by atoms with Crippen molar-refractivity contribution in [3.8, 4) is 0 Å². The van der Waals surface area contributed by atoms with Gasteiger partial charge < -0.3 is 15.0 Å². The van der Waals surface area contributed by atoms with Gasteiger partial charge >= 0.3 is 6.03 Å². The second-order valence-corrected chi connectivity index (χ2v) is 15.2. The molecule has 2 N–H and O–H groups in total. The molecule has 4 aromatic rings. The summed E-state index contributed by atoms with van der Waals surface area (Å²) in [6, 6.07) is 19.8. The van der Waals surface area contributed by atoms with E-state index >= 15 is 0 Å². The number of urea groups is 1. The summed E-state index contributed by atoms with van der Waals surface area (Å²) < 4.78 is 6.34. The van der Waals surface area contributed by atoms with Crippen LogP contribution in [0.5, 0.6) is 0 Å². The van der Waals surface area contributed by atoms with E-state index in [1.54, 1.807) is 11.1 Å². The predicted molar refractivity (Wildman–Crippen MR) is 205 cm³/mol. The largest absolute Gasteiger partial charge is 0.377 e. The van der Waals surface area contributed by atoms with Gasteiger partial charge in [0.15, 0.2) is 0 Å². The zero-order valence-corrected chi connectivity index (χ0v) is 30.4. The number of imide groups is 1. The maximum atomic E-state index is 13.5. The molecule has 53 heavy (non-hydrogen) atoms. The standard InChI is InChI=1S/C40H43ClN8O4/c41-31-11-15-42-38-37(31)40(25-43-38,27-7-8-27)33-5-2-6-34(44-33)49-20-19-46(24-36(49)51)21-22-53-29-12-16-47(17-13-29)28-9-10-30-26(23-28)3-1-4-32(30)48-18-14-35(50)45-39(48)52/h1-6,9-11,15,23,27,29H,7-8,12-14,16-22,24-25H2,(H,42,43)(H,45,50,52). The molecule has 3 saturated heterocycles. The van der Waals surface area contributed by atoms with Gasteiger partial charge in [-0.15, -0.1) is 0 Å². The number of piperazine rings is 1. The minimum Gasteiger partial charge on any atom is -0.377 e. The van der Waals surface area contributed by atoms with Gasteiger partial charge in [-0.3, -0.25) is 29.6 Å². The number of fused-ring (bicyclic) bond motifs is 2. The molecule has 0 spiro atoms. The number of amides is 4. The lowest BCUT2D eigenvalue weighted by Crippen LogP contribution is -2.51. The van der Waals surface area contributed by atoms with E-state index < -0.39 is 0 Å². The van der Waals surface area contributed by atoms with Crippen molar-refractivity contribution in [2.45, 2.75) is 43.6 Å². The molecular formula is C40H43ClN8O4. The maximum Gasteiger partial charge on any atom is 0.328 e. The molecule has 13 heteroatoms. The minimum atomic E-state index is -0.373. The first-order chi connectivity index (χ1) is 25.9. The SMILES string of the molecule is O=C1CCN(c2cccc3cc(N4CCC(OCCN5CCN(c6cccc(C7(C8CC8)CNc8nccc(Cl)c87)n6)C(=O)C5)CC4)ccc23)C(=O)N1. The van der Waals surface area contributed by atoms with Crippen molar-refractivity contribution < 1.29 is 19.1 Å². The van der Waals surface area contributed by atoms with Crippen molar-refractivity contribution in [3.05, 3.63) is 83.1 Å². The monoisotopic (exact) mass is 734 g/mol. The van der Waals surface area contributed by atoms with Crippen LogP contribution in [-0.4, -0.2) is 97.8 Å². The lowest BCUT2D eigenvalue weighted by Gasteiger charge is -2.36. The molecule has 0 radical (unpaired) electrons. The normalized spacial score (nSPS) is 22.7. The average molecular weight is 735 g/mol. The van der Waals surface area contributed by atoms with Gasteiger partial charge in [0.25, 0.3) is 0 Å². The molecule has 4 aliphatic heterocycles. The van der Waals surface area contributed by atoms with Crippen LogP contribution in [0.25, 0.3) is 10.8 Å². The highest BCUT2D eigenvalue weighted by molar-refractivity contribution is 6.32. The molecule has 9 rings (SSSR count). The number of halogens is 1. The van der Waals surface area contributed by atoms with E-state index in [4.69, 9.17) is 21.3 Å². The highest BCUT2D eigenvalue weighted by atomic mass is 35.5. The van der Waals surface area contributed by atoms with Crippen LogP contribution in [0.2, 0.25) is 5.02 Å². The summed E-state index contributed by atoms with van der Waals surface area (Å²) in [5, 5.41) is 8.66. The Morgan fingerprint density at radius 1 is 0.906 bits per heavy atom. The van der Waals surface area contributed by atoms with Gasteiger partial charge in [0, 0.05) is 75.1 Å². The van der Waals surface area contributed by atoms with E-state index in [2.05, 4.69) is 55.7 Å². The molecule has 1 aliphatic carbocycles. The smallest absolute Gasteiger partial charge is 0.328 e.